The van der Waals surface area contributed by atoms with Crippen molar-refractivity contribution in [3.8, 4) is 0 Å². The maximum atomic E-state index is 11.4. The molecule has 7 nitrogen and oxygen atoms in total. The molecule has 0 aliphatic carbocycles. The van der Waals surface area contributed by atoms with Crippen LogP contribution in [0.5, 0.6) is 0 Å². The Morgan fingerprint density at radius 2 is 2.18 bits per heavy atom. The van der Waals surface area contributed by atoms with Crippen molar-refractivity contribution in [3.63, 3.8) is 0 Å². The summed E-state index contributed by atoms with van der Waals surface area (Å²) < 4.78 is 0.638. The van der Waals surface area contributed by atoms with Gasteiger partial charge in [-0.1, -0.05) is 40.8 Å². The van der Waals surface area contributed by atoms with E-state index in [4.69, 9.17) is 17.3 Å². The van der Waals surface area contributed by atoms with Crippen molar-refractivity contribution in [2.24, 2.45) is 5.73 Å². The predicted octanol–water partition coefficient (Wildman–Crippen LogP) is 1.63. The summed E-state index contributed by atoms with van der Waals surface area (Å²) in [6.07, 6.45) is 0. The number of anilines is 2. The first kappa shape index (κ1) is 16.5. The Balaban J connectivity index is 1.84. The molecule has 4 N–H and O–H groups in total. The van der Waals surface area contributed by atoms with E-state index in [1.165, 1.54) is 23.1 Å². The molecule has 22 heavy (non-hydrogen) atoms. The third-order valence-corrected chi connectivity index (χ3v) is 4.48. The van der Waals surface area contributed by atoms with Crippen molar-refractivity contribution in [2.75, 3.05) is 17.6 Å². The second-order valence-corrected chi connectivity index (χ2v) is 6.68. The van der Waals surface area contributed by atoms with Crippen LogP contribution in [0.25, 0.3) is 0 Å². The highest BCUT2D eigenvalue weighted by atomic mass is 35.5. The number of thioether (sulfide) groups is 1. The van der Waals surface area contributed by atoms with Gasteiger partial charge in [-0.15, -0.1) is 10.2 Å². The largest absolute Gasteiger partial charge is 0.368 e. The van der Waals surface area contributed by atoms with Crippen LogP contribution in [0.3, 0.4) is 0 Å². The van der Waals surface area contributed by atoms with E-state index >= 15 is 0 Å². The van der Waals surface area contributed by atoms with Gasteiger partial charge in [-0.2, -0.15) is 0 Å². The maximum Gasteiger partial charge on any atom is 0.236 e. The van der Waals surface area contributed by atoms with Crippen molar-refractivity contribution in [3.05, 3.63) is 29.3 Å². The first-order valence-corrected chi connectivity index (χ1v) is 8.25. The molecule has 0 bridgehead atoms. The Hall–Kier alpha value is -1.84. The van der Waals surface area contributed by atoms with Crippen LogP contribution in [0.4, 0.5) is 10.8 Å². The third kappa shape index (κ3) is 5.51. The molecule has 0 fully saturated rings. The zero-order valence-electron chi connectivity index (χ0n) is 11.2. The molecule has 0 radical (unpaired) electrons. The fourth-order valence-electron chi connectivity index (χ4n) is 1.37. The molecule has 0 unspecified atom stereocenters. The highest BCUT2D eigenvalue weighted by Gasteiger charge is 2.09. The quantitative estimate of drug-likeness (QED) is 0.649. The highest BCUT2D eigenvalue weighted by molar-refractivity contribution is 8.01. The molecular weight excluding hydrogens is 346 g/mol. The van der Waals surface area contributed by atoms with Gasteiger partial charge >= 0.3 is 0 Å². The number of nitrogens with one attached hydrogen (secondary N) is 2. The minimum absolute atomic E-state index is 0.138. The van der Waals surface area contributed by atoms with Gasteiger partial charge in [-0.3, -0.25) is 9.59 Å². The molecule has 0 spiro atoms. The third-order valence-electron chi connectivity index (χ3n) is 2.27. The van der Waals surface area contributed by atoms with Gasteiger partial charge in [-0.25, -0.2) is 0 Å². The standard InChI is InChI=1S/C12H12ClN5O2S2/c13-7-2-1-3-8(4-7)16-11-17-18-12(22-11)21-6-10(20)15-5-9(14)19/h1-4H,5-6H2,(H2,14,19)(H,15,20)(H,16,17). The number of nitrogens with two attached hydrogens (primary N) is 1. The second kappa shape index (κ2) is 7.97. The number of benzene rings is 1. The van der Waals surface area contributed by atoms with Crippen LogP contribution in [0, 0.1) is 0 Å². The van der Waals surface area contributed by atoms with E-state index in [0.29, 0.717) is 14.5 Å². The van der Waals surface area contributed by atoms with Crippen LogP contribution in [0.1, 0.15) is 0 Å². The average Bonchev–Trinajstić information content (AvgIpc) is 2.90. The zero-order chi connectivity index (χ0) is 15.9. The minimum Gasteiger partial charge on any atom is -0.368 e. The molecule has 2 aromatic rings. The van der Waals surface area contributed by atoms with E-state index in [-0.39, 0.29) is 18.2 Å². The monoisotopic (exact) mass is 357 g/mol. The average molecular weight is 358 g/mol. The Morgan fingerprint density at radius 3 is 2.91 bits per heavy atom. The van der Waals surface area contributed by atoms with Crippen LogP contribution in [0.2, 0.25) is 5.02 Å². The molecular formula is C12H12ClN5O2S2. The lowest BCUT2D eigenvalue weighted by Crippen LogP contribution is -2.34. The van der Waals surface area contributed by atoms with Gasteiger partial charge in [0.15, 0.2) is 4.34 Å². The van der Waals surface area contributed by atoms with Crippen molar-refractivity contribution in [1.82, 2.24) is 15.5 Å². The molecule has 0 atom stereocenters. The van der Waals surface area contributed by atoms with Crippen molar-refractivity contribution >= 4 is 57.3 Å². The smallest absolute Gasteiger partial charge is 0.236 e. The first-order valence-electron chi connectivity index (χ1n) is 6.07. The van der Waals surface area contributed by atoms with Crippen molar-refractivity contribution < 1.29 is 9.59 Å². The van der Waals surface area contributed by atoms with Crippen LogP contribution in [0.15, 0.2) is 28.6 Å². The molecule has 1 aromatic heterocycles. The second-order valence-electron chi connectivity index (χ2n) is 4.04. The molecule has 0 aliphatic heterocycles. The molecule has 116 valence electrons. The van der Waals surface area contributed by atoms with Crippen molar-refractivity contribution in [1.29, 1.82) is 0 Å². The Kier molecular flexibility index (Phi) is 5.99. The molecule has 0 saturated heterocycles. The number of nitrogens with zero attached hydrogens (tertiary/aromatic N) is 2. The Morgan fingerprint density at radius 1 is 1.36 bits per heavy atom. The highest BCUT2D eigenvalue weighted by Crippen LogP contribution is 2.28. The summed E-state index contributed by atoms with van der Waals surface area (Å²) in [4.78, 5) is 22.0. The number of hydrogen-bond donors (Lipinski definition) is 3. The summed E-state index contributed by atoms with van der Waals surface area (Å²) in [5.41, 5.74) is 5.74. The van der Waals surface area contributed by atoms with Crippen molar-refractivity contribution in [2.45, 2.75) is 4.34 Å². The van der Waals surface area contributed by atoms with Crippen LogP contribution in [-0.4, -0.2) is 34.3 Å². The van der Waals surface area contributed by atoms with E-state index in [1.807, 2.05) is 12.1 Å². The fourth-order valence-corrected chi connectivity index (χ4v) is 3.16. The molecule has 2 amide bonds. The minimum atomic E-state index is -0.581. The van der Waals surface area contributed by atoms with Gasteiger partial charge in [-0.05, 0) is 18.2 Å². The summed E-state index contributed by atoms with van der Waals surface area (Å²) in [5.74, 6) is -0.732. The number of carbonyl (C=O) groups is 2. The molecule has 2 rings (SSSR count). The lowest BCUT2D eigenvalue weighted by atomic mass is 10.3. The number of carbonyl (C=O) groups excluding carboxylic acids is 2. The molecule has 10 heteroatoms. The number of primary amides is 1. The number of rotatable bonds is 7. The van der Waals surface area contributed by atoms with E-state index in [1.54, 1.807) is 12.1 Å². The van der Waals surface area contributed by atoms with E-state index in [9.17, 15) is 9.59 Å². The normalized spacial score (nSPS) is 10.2. The molecule has 0 saturated carbocycles. The zero-order valence-corrected chi connectivity index (χ0v) is 13.6. The maximum absolute atomic E-state index is 11.4. The van der Waals surface area contributed by atoms with Crippen LogP contribution < -0.4 is 16.4 Å². The number of halogens is 1. The number of aromatic nitrogens is 2. The van der Waals surface area contributed by atoms with Gasteiger partial charge < -0.3 is 16.4 Å². The predicted molar refractivity (Wildman–Crippen MR) is 87.6 cm³/mol. The van der Waals surface area contributed by atoms with Gasteiger partial charge in [0.25, 0.3) is 0 Å². The molecule has 1 heterocycles. The summed E-state index contributed by atoms with van der Waals surface area (Å²) in [6.45, 7) is -0.170. The van der Waals surface area contributed by atoms with Gasteiger partial charge in [0.2, 0.25) is 16.9 Å². The summed E-state index contributed by atoms with van der Waals surface area (Å²) in [5, 5.41) is 14.6. The van der Waals surface area contributed by atoms with Crippen LogP contribution >= 0.6 is 34.7 Å². The van der Waals surface area contributed by atoms with E-state index in [2.05, 4.69) is 20.8 Å². The lowest BCUT2D eigenvalue weighted by molar-refractivity contribution is -0.123. The molecule has 1 aromatic carbocycles. The van der Waals surface area contributed by atoms with Crippen LogP contribution in [-0.2, 0) is 9.59 Å². The Labute approximate surface area is 139 Å². The van der Waals surface area contributed by atoms with Gasteiger partial charge in [0.1, 0.15) is 0 Å². The number of amides is 2. The Bertz CT molecular complexity index is 679. The SMILES string of the molecule is NC(=O)CNC(=O)CSc1nnc(Nc2cccc(Cl)c2)s1. The number of hydrogen-bond acceptors (Lipinski definition) is 7. The summed E-state index contributed by atoms with van der Waals surface area (Å²) >= 11 is 8.44. The van der Waals surface area contributed by atoms with Gasteiger partial charge in [0, 0.05) is 10.7 Å². The topological polar surface area (TPSA) is 110 Å². The van der Waals surface area contributed by atoms with E-state index in [0.717, 1.165) is 5.69 Å². The lowest BCUT2D eigenvalue weighted by Gasteiger charge is -2.01. The summed E-state index contributed by atoms with van der Waals surface area (Å²) in [7, 11) is 0. The first-order chi connectivity index (χ1) is 10.5. The summed E-state index contributed by atoms with van der Waals surface area (Å²) in [6, 6.07) is 7.23. The molecule has 0 aliphatic rings. The fraction of sp³-hybridized carbons (Fsp3) is 0.167. The van der Waals surface area contributed by atoms with Gasteiger partial charge in [0.05, 0.1) is 12.3 Å². The van der Waals surface area contributed by atoms with E-state index < -0.39 is 5.91 Å².